The number of nitrogens with one attached hydrogen (secondary N) is 2. The molecule has 0 aliphatic rings. The summed E-state index contributed by atoms with van der Waals surface area (Å²) in [6, 6.07) is 0. The monoisotopic (exact) mass is 288 g/mol. The van der Waals surface area contributed by atoms with Crippen LogP contribution in [-0.2, 0) is 9.84 Å². The maximum absolute atomic E-state index is 11.6. The van der Waals surface area contributed by atoms with Crippen molar-refractivity contribution in [3.63, 3.8) is 0 Å². The lowest BCUT2D eigenvalue weighted by atomic mass is 10.2. The van der Waals surface area contributed by atoms with E-state index < -0.39 is 9.84 Å². The molecule has 19 heavy (non-hydrogen) atoms. The summed E-state index contributed by atoms with van der Waals surface area (Å²) in [5.74, 6) is 0. The predicted molar refractivity (Wildman–Crippen MR) is 82.3 cm³/mol. The summed E-state index contributed by atoms with van der Waals surface area (Å²) in [6.45, 7) is 5.91. The fourth-order valence-corrected chi connectivity index (χ4v) is 2.11. The van der Waals surface area contributed by atoms with Gasteiger partial charge in [-0.2, -0.15) is 0 Å². The predicted octanol–water partition coefficient (Wildman–Crippen LogP) is 2.90. The highest BCUT2D eigenvalue weighted by atomic mass is 32.2. The molecule has 0 aromatic heterocycles. The summed E-state index contributed by atoms with van der Waals surface area (Å²) >= 11 is 0. The average molecular weight is 288 g/mol. The topological polar surface area (TPSA) is 58.2 Å². The Balaban J connectivity index is 3.78. The van der Waals surface area contributed by atoms with E-state index >= 15 is 0 Å². The van der Waals surface area contributed by atoms with Crippen molar-refractivity contribution in [3.8, 4) is 0 Å². The summed E-state index contributed by atoms with van der Waals surface area (Å²) in [7, 11) is -3.25. The first kappa shape index (κ1) is 18.0. The summed E-state index contributed by atoms with van der Waals surface area (Å²) in [5.41, 5.74) is 0. The fourth-order valence-electron chi connectivity index (χ4n) is 1.45. The van der Waals surface area contributed by atoms with Crippen molar-refractivity contribution in [2.45, 2.75) is 52.4 Å². The third kappa shape index (κ3) is 13.3. The second-order valence-corrected chi connectivity index (χ2v) is 6.24. The van der Waals surface area contributed by atoms with Crippen molar-refractivity contribution < 1.29 is 8.42 Å². The second-order valence-electron chi connectivity index (χ2n) is 4.52. The van der Waals surface area contributed by atoms with E-state index in [1.165, 1.54) is 23.2 Å². The highest BCUT2D eigenvalue weighted by molar-refractivity contribution is 7.97. The summed E-state index contributed by atoms with van der Waals surface area (Å²) in [6.07, 6.45) is 9.79. The molecular formula is C14H28N2O2S. The van der Waals surface area contributed by atoms with Crippen LogP contribution in [0.5, 0.6) is 0 Å². The Labute approximate surface area is 118 Å². The lowest BCUT2D eigenvalue weighted by Crippen LogP contribution is -2.09. The molecule has 0 atom stereocenters. The minimum absolute atomic E-state index is 0.818. The van der Waals surface area contributed by atoms with Crippen molar-refractivity contribution in [1.29, 1.82) is 0 Å². The number of rotatable bonds is 12. The Morgan fingerprint density at radius 2 is 1.21 bits per heavy atom. The quantitative estimate of drug-likeness (QED) is 0.542. The molecule has 0 bridgehead atoms. The van der Waals surface area contributed by atoms with Gasteiger partial charge in [-0.25, -0.2) is 8.42 Å². The van der Waals surface area contributed by atoms with E-state index in [1.807, 2.05) is 0 Å². The molecule has 0 saturated carbocycles. The van der Waals surface area contributed by atoms with Gasteiger partial charge in [0.2, 0.25) is 0 Å². The molecule has 0 aliphatic carbocycles. The molecule has 0 aromatic carbocycles. The molecule has 0 radical (unpaired) electrons. The highest BCUT2D eigenvalue weighted by Gasteiger charge is 1.97. The minimum Gasteiger partial charge on any atom is -0.390 e. The van der Waals surface area contributed by atoms with Gasteiger partial charge in [-0.15, -0.1) is 0 Å². The third-order valence-corrected chi connectivity index (χ3v) is 3.63. The number of sulfone groups is 1. The zero-order valence-electron chi connectivity index (χ0n) is 12.2. The van der Waals surface area contributed by atoms with Crippen LogP contribution < -0.4 is 10.6 Å². The van der Waals surface area contributed by atoms with E-state index in [2.05, 4.69) is 24.5 Å². The summed E-state index contributed by atoms with van der Waals surface area (Å²) < 4.78 is 23.1. The van der Waals surface area contributed by atoms with Crippen LogP contribution in [0, 0.1) is 0 Å². The molecule has 0 unspecified atom stereocenters. The van der Waals surface area contributed by atoms with Crippen molar-refractivity contribution in [2.24, 2.45) is 0 Å². The molecule has 0 aliphatic heterocycles. The lowest BCUT2D eigenvalue weighted by Gasteiger charge is -1.99. The van der Waals surface area contributed by atoms with Gasteiger partial charge in [0.25, 0.3) is 0 Å². The van der Waals surface area contributed by atoms with Gasteiger partial charge in [0.15, 0.2) is 9.84 Å². The first-order valence-corrected chi connectivity index (χ1v) is 8.78. The summed E-state index contributed by atoms with van der Waals surface area (Å²) in [4.78, 5) is 0. The SMILES string of the molecule is CCCCCNC=CS(=O)(=O)C=CNCCCCC. The molecule has 0 rings (SSSR count). The minimum atomic E-state index is -3.25. The molecule has 0 heterocycles. The zero-order valence-corrected chi connectivity index (χ0v) is 13.0. The van der Waals surface area contributed by atoms with Crippen LogP contribution in [-0.4, -0.2) is 21.5 Å². The van der Waals surface area contributed by atoms with Crippen molar-refractivity contribution >= 4 is 9.84 Å². The van der Waals surface area contributed by atoms with Gasteiger partial charge in [0.1, 0.15) is 0 Å². The molecule has 0 aromatic rings. The second kappa shape index (κ2) is 12.1. The van der Waals surface area contributed by atoms with Gasteiger partial charge in [-0.3, -0.25) is 0 Å². The standard InChI is InChI=1S/C14H28N2O2S/c1-3-5-7-9-15-11-13-19(17,18)14-12-16-10-8-6-4-2/h11-16H,3-10H2,1-2H3. The lowest BCUT2D eigenvalue weighted by molar-refractivity contribution is 0.611. The highest BCUT2D eigenvalue weighted by Crippen LogP contribution is 1.95. The van der Waals surface area contributed by atoms with Gasteiger partial charge >= 0.3 is 0 Å². The Morgan fingerprint density at radius 3 is 1.58 bits per heavy atom. The first-order valence-electron chi connectivity index (χ1n) is 7.17. The number of hydrogen-bond acceptors (Lipinski definition) is 4. The molecule has 0 spiro atoms. The van der Waals surface area contributed by atoms with E-state index in [-0.39, 0.29) is 0 Å². The van der Waals surface area contributed by atoms with Crippen LogP contribution in [0.25, 0.3) is 0 Å². The number of unbranched alkanes of at least 4 members (excludes halogenated alkanes) is 4. The molecule has 0 saturated heterocycles. The van der Waals surface area contributed by atoms with Gasteiger partial charge in [-0.05, 0) is 12.8 Å². The van der Waals surface area contributed by atoms with Crippen molar-refractivity contribution in [3.05, 3.63) is 23.2 Å². The van der Waals surface area contributed by atoms with Gasteiger partial charge in [0.05, 0.1) is 10.8 Å². The molecule has 112 valence electrons. The zero-order chi connectivity index (χ0) is 14.4. The fraction of sp³-hybridized carbons (Fsp3) is 0.714. The molecular weight excluding hydrogens is 260 g/mol. The van der Waals surface area contributed by atoms with E-state index in [1.54, 1.807) is 0 Å². The van der Waals surface area contributed by atoms with Crippen molar-refractivity contribution in [2.75, 3.05) is 13.1 Å². The van der Waals surface area contributed by atoms with Crippen LogP contribution >= 0.6 is 0 Å². The summed E-state index contributed by atoms with van der Waals surface area (Å²) in [5, 5.41) is 8.36. The van der Waals surface area contributed by atoms with Crippen LogP contribution in [0.3, 0.4) is 0 Å². The van der Waals surface area contributed by atoms with Crippen LogP contribution in [0.4, 0.5) is 0 Å². The maximum Gasteiger partial charge on any atom is 0.195 e. The van der Waals surface area contributed by atoms with Gasteiger partial charge in [0, 0.05) is 25.5 Å². The normalized spacial score (nSPS) is 12.3. The van der Waals surface area contributed by atoms with E-state index in [9.17, 15) is 8.42 Å². The van der Waals surface area contributed by atoms with E-state index in [4.69, 9.17) is 0 Å². The number of hydrogen-bond donors (Lipinski definition) is 2. The molecule has 4 nitrogen and oxygen atoms in total. The Hall–Kier alpha value is -0.970. The van der Waals surface area contributed by atoms with Crippen LogP contribution in [0.2, 0.25) is 0 Å². The van der Waals surface area contributed by atoms with E-state index in [0.29, 0.717) is 0 Å². The van der Waals surface area contributed by atoms with Gasteiger partial charge < -0.3 is 10.6 Å². The Morgan fingerprint density at radius 1 is 0.789 bits per heavy atom. The molecule has 2 N–H and O–H groups in total. The largest absolute Gasteiger partial charge is 0.390 e. The van der Waals surface area contributed by atoms with Crippen LogP contribution in [0.15, 0.2) is 23.2 Å². The van der Waals surface area contributed by atoms with Crippen molar-refractivity contribution in [1.82, 2.24) is 10.6 Å². The molecule has 0 amide bonds. The Kier molecular flexibility index (Phi) is 11.5. The third-order valence-electron chi connectivity index (χ3n) is 2.60. The maximum atomic E-state index is 11.6. The molecule has 5 heteroatoms. The Bertz CT molecular complexity index is 320. The smallest absolute Gasteiger partial charge is 0.195 e. The average Bonchev–Trinajstić information content (AvgIpc) is 2.38. The van der Waals surface area contributed by atoms with E-state index in [0.717, 1.165) is 51.6 Å². The van der Waals surface area contributed by atoms with Crippen LogP contribution in [0.1, 0.15) is 52.4 Å². The molecule has 0 fully saturated rings. The first-order chi connectivity index (χ1) is 9.12. The van der Waals surface area contributed by atoms with Gasteiger partial charge in [-0.1, -0.05) is 39.5 Å².